The van der Waals surface area contributed by atoms with E-state index in [1.807, 2.05) is 45.9 Å². The zero-order chi connectivity index (χ0) is 32.2. The molecule has 2 saturated heterocycles. The van der Waals surface area contributed by atoms with Crippen LogP contribution < -0.4 is 16.5 Å². The van der Waals surface area contributed by atoms with Gasteiger partial charge in [-0.15, -0.1) is 0 Å². The van der Waals surface area contributed by atoms with E-state index in [1.54, 1.807) is 10.9 Å². The molecular formula is C31H48BN5O5Si. The number of hydrogen-bond acceptors (Lipinski definition) is 8. The Bertz CT molecular complexity index is 1390. The summed E-state index contributed by atoms with van der Waals surface area (Å²) in [7, 11) is -2.79. The quantitative estimate of drug-likeness (QED) is 0.381. The number of carbonyl (C=O) groups excluding carboxylic acids is 1. The van der Waals surface area contributed by atoms with E-state index in [0.29, 0.717) is 31.1 Å². The van der Waals surface area contributed by atoms with Gasteiger partial charge in [-0.3, -0.25) is 9.48 Å². The molecule has 1 amide bonds. The lowest BCUT2D eigenvalue weighted by molar-refractivity contribution is 0.00578. The molecule has 0 bridgehead atoms. The summed E-state index contributed by atoms with van der Waals surface area (Å²) in [5.41, 5.74) is 6.76. The lowest BCUT2D eigenvalue weighted by Gasteiger charge is -2.43. The third kappa shape index (κ3) is 6.56. The van der Waals surface area contributed by atoms with Crippen LogP contribution in [0.5, 0.6) is 0 Å². The number of nitriles is 1. The standard InChI is InChI=1S/C31H48BN5O5Si/c1-28(2,3)43(10,11)42-29(4,5)23-16-21(12-13-24(23)32-40-30(6,7)31(8,9)41-32)35-27-22(26(34)38)18-37(36-27)25-19-39-15-14-20(25)17-33/h12-13,16,18,20,25H,14-15,19H2,1-11H3,(H2,34,38)(H,35,36)/t20-,25+/m1/s1. The van der Waals surface area contributed by atoms with Crippen molar-refractivity contribution in [2.24, 2.45) is 11.7 Å². The van der Waals surface area contributed by atoms with E-state index in [-0.39, 0.29) is 22.6 Å². The summed E-state index contributed by atoms with van der Waals surface area (Å²) < 4.78 is 27.2. The van der Waals surface area contributed by atoms with E-state index in [0.717, 1.165) is 11.0 Å². The number of nitrogens with one attached hydrogen (secondary N) is 1. The minimum Gasteiger partial charge on any atom is -0.408 e. The Labute approximate surface area is 257 Å². The average molecular weight is 610 g/mol. The molecule has 12 heteroatoms. The molecule has 2 atom stereocenters. The minimum absolute atomic E-state index is 0.00201. The second-order valence-corrected chi connectivity index (χ2v) is 19.5. The number of primary amides is 1. The molecule has 0 aliphatic carbocycles. The van der Waals surface area contributed by atoms with Gasteiger partial charge in [-0.1, -0.05) is 26.8 Å². The van der Waals surface area contributed by atoms with Crippen molar-refractivity contribution < 1.29 is 23.3 Å². The number of amides is 1. The van der Waals surface area contributed by atoms with E-state index >= 15 is 0 Å². The molecule has 0 saturated carbocycles. The Morgan fingerprint density at radius 3 is 2.37 bits per heavy atom. The summed E-state index contributed by atoms with van der Waals surface area (Å²) >= 11 is 0. The van der Waals surface area contributed by atoms with Crippen LogP contribution in [0, 0.1) is 17.2 Å². The van der Waals surface area contributed by atoms with Gasteiger partial charge in [0.15, 0.2) is 14.1 Å². The molecule has 2 fully saturated rings. The molecule has 43 heavy (non-hydrogen) atoms. The molecule has 4 rings (SSSR count). The van der Waals surface area contributed by atoms with Gasteiger partial charge in [-0.05, 0) is 89.3 Å². The molecule has 2 aliphatic rings. The van der Waals surface area contributed by atoms with Gasteiger partial charge in [0.2, 0.25) is 0 Å². The molecular weight excluding hydrogens is 561 g/mol. The third-order valence-electron chi connectivity index (χ3n) is 9.62. The summed E-state index contributed by atoms with van der Waals surface area (Å²) in [6, 6.07) is 7.94. The molecule has 234 valence electrons. The number of benzene rings is 1. The number of nitrogens with zero attached hydrogens (tertiary/aromatic N) is 3. The van der Waals surface area contributed by atoms with Crippen LogP contribution >= 0.6 is 0 Å². The Hall–Kier alpha value is -2.69. The number of carbonyl (C=O) groups is 1. The first kappa shape index (κ1) is 33.2. The number of rotatable bonds is 8. The molecule has 3 N–H and O–H groups in total. The SMILES string of the molecule is CC(C)(O[Si](C)(C)C(C)(C)C)c1cc(Nc2nn([C@H]3COCC[C@@H]3C#N)cc2C(N)=O)ccc1B1OC(C)(C)C(C)(C)O1. The van der Waals surface area contributed by atoms with E-state index in [9.17, 15) is 10.1 Å². The minimum atomic E-state index is -2.20. The van der Waals surface area contributed by atoms with E-state index in [2.05, 4.69) is 64.2 Å². The average Bonchev–Trinajstić information content (AvgIpc) is 3.39. The van der Waals surface area contributed by atoms with Gasteiger partial charge in [0.25, 0.3) is 5.91 Å². The molecule has 1 aromatic carbocycles. The van der Waals surface area contributed by atoms with Gasteiger partial charge in [0, 0.05) is 18.5 Å². The van der Waals surface area contributed by atoms with Crippen LogP contribution in [0.3, 0.4) is 0 Å². The van der Waals surface area contributed by atoms with Gasteiger partial charge in [0.05, 0.1) is 41.4 Å². The predicted octanol–water partition coefficient (Wildman–Crippen LogP) is 5.38. The summed E-state index contributed by atoms with van der Waals surface area (Å²) in [6.07, 6.45) is 2.20. The van der Waals surface area contributed by atoms with Crippen molar-refractivity contribution in [2.45, 2.75) is 110 Å². The fourth-order valence-corrected chi connectivity index (χ4v) is 6.97. The Morgan fingerprint density at radius 2 is 1.81 bits per heavy atom. The first-order valence-electron chi connectivity index (χ1n) is 15.0. The lowest BCUT2D eigenvalue weighted by atomic mass is 9.72. The van der Waals surface area contributed by atoms with Gasteiger partial charge >= 0.3 is 7.12 Å². The zero-order valence-electron chi connectivity index (χ0n) is 27.6. The highest BCUT2D eigenvalue weighted by atomic mass is 28.4. The molecule has 1 aromatic heterocycles. The summed E-state index contributed by atoms with van der Waals surface area (Å²) in [5.74, 6) is -0.580. The Morgan fingerprint density at radius 1 is 1.19 bits per heavy atom. The van der Waals surface area contributed by atoms with Crippen molar-refractivity contribution in [3.63, 3.8) is 0 Å². The molecule has 2 aliphatic heterocycles. The monoisotopic (exact) mass is 609 g/mol. The molecule has 2 aromatic rings. The van der Waals surface area contributed by atoms with Crippen LogP contribution in [0.15, 0.2) is 24.4 Å². The molecule has 3 heterocycles. The maximum atomic E-state index is 12.5. The van der Waals surface area contributed by atoms with Crippen molar-refractivity contribution in [1.82, 2.24) is 9.78 Å². The van der Waals surface area contributed by atoms with E-state index in [1.165, 1.54) is 0 Å². The Kier molecular flexibility index (Phi) is 8.76. The number of aromatic nitrogens is 2. The van der Waals surface area contributed by atoms with Crippen LogP contribution in [-0.4, -0.2) is 55.5 Å². The largest absolute Gasteiger partial charge is 0.495 e. The van der Waals surface area contributed by atoms with Crippen molar-refractivity contribution in [1.29, 1.82) is 5.26 Å². The normalized spacial score (nSPS) is 22.3. The highest BCUT2D eigenvalue weighted by molar-refractivity contribution is 6.74. The second kappa shape index (κ2) is 11.3. The van der Waals surface area contributed by atoms with Crippen molar-refractivity contribution in [3.05, 3.63) is 35.5 Å². The molecule has 10 nitrogen and oxygen atoms in total. The fraction of sp³-hybridized carbons (Fsp3) is 0.645. The third-order valence-corrected chi connectivity index (χ3v) is 14.3. The Balaban J connectivity index is 1.77. The fourth-order valence-electron chi connectivity index (χ4n) is 5.28. The van der Waals surface area contributed by atoms with Crippen LogP contribution in [0.1, 0.15) is 90.7 Å². The van der Waals surface area contributed by atoms with Crippen LogP contribution in [0.4, 0.5) is 11.5 Å². The van der Waals surface area contributed by atoms with Gasteiger partial charge in [0.1, 0.15) is 5.56 Å². The molecule has 0 radical (unpaired) electrons. The zero-order valence-corrected chi connectivity index (χ0v) is 28.6. The van der Waals surface area contributed by atoms with Gasteiger partial charge in [-0.25, -0.2) is 0 Å². The van der Waals surface area contributed by atoms with Gasteiger partial charge in [-0.2, -0.15) is 10.4 Å². The van der Waals surface area contributed by atoms with Crippen molar-refractivity contribution in [3.8, 4) is 6.07 Å². The van der Waals surface area contributed by atoms with Crippen molar-refractivity contribution >= 4 is 38.3 Å². The van der Waals surface area contributed by atoms with Crippen LogP contribution in [-0.2, 0) is 24.1 Å². The number of nitrogens with two attached hydrogens (primary N) is 1. The highest BCUT2D eigenvalue weighted by Gasteiger charge is 2.53. The van der Waals surface area contributed by atoms with Gasteiger partial charge < -0.3 is 29.5 Å². The first-order chi connectivity index (χ1) is 19.7. The maximum Gasteiger partial charge on any atom is 0.495 e. The summed E-state index contributed by atoms with van der Waals surface area (Å²) in [4.78, 5) is 12.5. The van der Waals surface area contributed by atoms with E-state index in [4.69, 9.17) is 24.2 Å². The number of hydrogen-bond donors (Lipinski definition) is 2. The first-order valence-corrected chi connectivity index (χ1v) is 17.9. The topological polar surface area (TPSA) is 134 Å². The van der Waals surface area contributed by atoms with Crippen LogP contribution in [0.25, 0.3) is 0 Å². The summed E-state index contributed by atoms with van der Waals surface area (Å²) in [5, 5.41) is 17.7. The smallest absolute Gasteiger partial charge is 0.408 e. The lowest BCUT2D eigenvalue weighted by Crippen LogP contribution is -2.49. The number of ether oxygens (including phenoxy) is 1. The predicted molar refractivity (Wildman–Crippen MR) is 171 cm³/mol. The van der Waals surface area contributed by atoms with Crippen LogP contribution in [0.2, 0.25) is 18.1 Å². The van der Waals surface area contributed by atoms with E-state index < -0.39 is 38.1 Å². The number of anilines is 2. The second-order valence-electron chi connectivity index (χ2n) is 14.8. The van der Waals surface area contributed by atoms with Crippen molar-refractivity contribution in [2.75, 3.05) is 18.5 Å². The maximum absolute atomic E-state index is 12.5. The molecule has 0 unspecified atom stereocenters. The summed E-state index contributed by atoms with van der Waals surface area (Å²) in [6.45, 7) is 24.3. The molecule has 0 spiro atoms. The highest BCUT2D eigenvalue weighted by Crippen LogP contribution is 2.43.